The van der Waals surface area contributed by atoms with Crippen LogP contribution in [0.3, 0.4) is 0 Å². The van der Waals surface area contributed by atoms with Crippen molar-refractivity contribution >= 4 is 17.2 Å². The quantitative estimate of drug-likeness (QED) is 0.772. The van der Waals surface area contributed by atoms with Gasteiger partial charge in [-0.05, 0) is 26.7 Å². The average molecular weight is 366 g/mol. The Morgan fingerprint density at radius 3 is 2.71 bits per heavy atom. The molecule has 24 heavy (non-hydrogen) atoms. The second-order valence-corrected chi connectivity index (χ2v) is 7.83. The third kappa shape index (κ3) is 2.61. The maximum Gasteiger partial charge on any atom is 0.324 e. The molecule has 9 heteroatoms. The number of hydrogen-bond acceptors (Lipinski definition) is 3. The molecule has 1 amide bonds. The largest absolute Gasteiger partial charge is 0.376 e. The lowest BCUT2D eigenvalue weighted by atomic mass is 9.63. The fourth-order valence-electron chi connectivity index (χ4n) is 3.11. The molecule has 3 rings (SSSR count). The molecule has 2 heterocycles. The Bertz CT molecular complexity index is 721. The highest BCUT2D eigenvalue weighted by Crippen LogP contribution is 2.63. The molecule has 2 atom stereocenters. The Morgan fingerprint density at radius 2 is 2.17 bits per heavy atom. The lowest BCUT2D eigenvalue weighted by molar-refractivity contribution is -0.339. The first kappa shape index (κ1) is 17.6. The van der Waals surface area contributed by atoms with Gasteiger partial charge in [0.2, 0.25) is 0 Å². The van der Waals surface area contributed by atoms with E-state index in [4.69, 9.17) is 4.74 Å². The van der Waals surface area contributed by atoms with Gasteiger partial charge in [0.25, 0.3) is 5.91 Å². The molecule has 1 aromatic rings. The van der Waals surface area contributed by atoms with Gasteiger partial charge in [-0.2, -0.15) is 22.6 Å². The van der Waals surface area contributed by atoms with Crippen LogP contribution in [0.4, 0.5) is 17.6 Å². The molecule has 0 radical (unpaired) electrons. The van der Waals surface area contributed by atoms with Crippen molar-refractivity contribution in [3.05, 3.63) is 15.9 Å². The van der Waals surface area contributed by atoms with E-state index >= 15 is 0 Å². The number of hydrogen-bond donors (Lipinski definition) is 0. The van der Waals surface area contributed by atoms with Gasteiger partial charge in [0.15, 0.2) is 4.80 Å². The third-order valence-electron chi connectivity index (χ3n) is 4.66. The molecule has 0 bridgehead atoms. The number of halogens is 4. The Balaban J connectivity index is 1.87. The van der Waals surface area contributed by atoms with E-state index in [9.17, 15) is 22.4 Å². The number of aryl methyl sites for hydroxylation is 1. The normalized spacial score (nSPS) is 31.9. The number of carbonyl (C=O) groups is 1. The molecule has 1 aliphatic carbocycles. The lowest BCUT2D eigenvalue weighted by Crippen LogP contribution is -2.68. The minimum absolute atomic E-state index is 0.0156. The predicted molar refractivity (Wildman–Crippen MR) is 79.2 cm³/mol. The molecule has 2 unspecified atom stereocenters. The van der Waals surface area contributed by atoms with Crippen molar-refractivity contribution in [2.24, 2.45) is 10.4 Å². The van der Waals surface area contributed by atoms with Crippen LogP contribution in [0.2, 0.25) is 0 Å². The van der Waals surface area contributed by atoms with E-state index in [0.29, 0.717) is 13.2 Å². The highest BCUT2D eigenvalue weighted by Gasteiger charge is 2.81. The monoisotopic (exact) mass is 366 g/mol. The van der Waals surface area contributed by atoms with Gasteiger partial charge in [-0.3, -0.25) is 4.79 Å². The summed E-state index contributed by atoms with van der Waals surface area (Å²) in [5.41, 5.74) is -2.46. The summed E-state index contributed by atoms with van der Waals surface area (Å²) < 4.78 is 60.8. The standard InChI is InChI=1S/C15H18F4N2O2S/c1-9-6-21(7-10-4-3-5-23-10)12(24-9)20-11(22)13(2)8-14(16,17)15(13,18)19/h6,10H,3-5,7-8H2,1-2H3. The van der Waals surface area contributed by atoms with Gasteiger partial charge in [-0.25, -0.2) is 0 Å². The van der Waals surface area contributed by atoms with Crippen LogP contribution in [0.1, 0.15) is 31.1 Å². The first-order chi connectivity index (χ1) is 11.1. The van der Waals surface area contributed by atoms with Crippen molar-refractivity contribution in [3.63, 3.8) is 0 Å². The molecule has 0 spiro atoms. The van der Waals surface area contributed by atoms with Crippen molar-refractivity contribution in [1.29, 1.82) is 0 Å². The second-order valence-electron chi connectivity index (χ2n) is 6.62. The predicted octanol–water partition coefficient (Wildman–Crippen LogP) is 3.14. The number of alkyl halides is 4. The van der Waals surface area contributed by atoms with Crippen LogP contribution in [0.5, 0.6) is 0 Å². The molecule has 2 fully saturated rings. The summed E-state index contributed by atoms with van der Waals surface area (Å²) in [4.78, 5) is 17.0. The minimum atomic E-state index is -4.38. The molecule has 0 aromatic carbocycles. The Kier molecular flexibility index (Phi) is 4.15. The maximum absolute atomic E-state index is 13.7. The van der Waals surface area contributed by atoms with Crippen molar-refractivity contribution in [1.82, 2.24) is 4.57 Å². The highest BCUT2D eigenvalue weighted by molar-refractivity contribution is 7.09. The zero-order valence-corrected chi connectivity index (χ0v) is 14.1. The van der Waals surface area contributed by atoms with E-state index in [-0.39, 0.29) is 10.9 Å². The molecule has 4 nitrogen and oxygen atoms in total. The van der Waals surface area contributed by atoms with Gasteiger partial charge in [-0.1, -0.05) is 0 Å². The number of aromatic nitrogens is 1. The summed E-state index contributed by atoms with van der Waals surface area (Å²) in [7, 11) is 0. The Morgan fingerprint density at radius 1 is 1.46 bits per heavy atom. The van der Waals surface area contributed by atoms with Crippen LogP contribution in [-0.2, 0) is 16.1 Å². The van der Waals surface area contributed by atoms with Crippen molar-refractivity contribution in [2.45, 2.75) is 57.6 Å². The van der Waals surface area contributed by atoms with E-state index in [0.717, 1.165) is 36.0 Å². The average Bonchev–Trinajstić information content (AvgIpc) is 3.09. The van der Waals surface area contributed by atoms with E-state index < -0.39 is 29.6 Å². The van der Waals surface area contributed by atoms with Crippen molar-refractivity contribution in [2.75, 3.05) is 6.61 Å². The van der Waals surface area contributed by atoms with Crippen LogP contribution in [-0.4, -0.2) is 35.0 Å². The van der Waals surface area contributed by atoms with Crippen LogP contribution in [0, 0.1) is 12.3 Å². The number of thiazole rings is 1. The number of amides is 1. The van der Waals surface area contributed by atoms with E-state index in [1.54, 1.807) is 17.7 Å². The van der Waals surface area contributed by atoms with E-state index in [1.165, 1.54) is 0 Å². The zero-order chi connectivity index (χ0) is 17.8. The summed E-state index contributed by atoms with van der Waals surface area (Å²) in [6, 6.07) is 0. The number of rotatable bonds is 3. The van der Waals surface area contributed by atoms with Gasteiger partial charge in [0, 0.05) is 24.1 Å². The molecular weight excluding hydrogens is 348 g/mol. The third-order valence-corrected chi connectivity index (χ3v) is 5.59. The molecule has 1 saturated heterocycles. The minimum Gasteiger partial charge on any atom is -0.376 e. The fourth-order valence-corrected chi connectivity index (χ4v) is 3.95. The fraction of sp³-hybridized carbons (Fsp3) is 0.733. The summed E-state index contributed by atoms with van der Waals surface area (Å²) in [5.74, 6) is -9.75. The molecule has 2 aliphatic rings. The first-order valence-corrected chi connectivity index (χ1v) is 8.52. The molecule has 1 aromatic heterocycles. The van der Waals surface area contributed by atoms with Crippen molar-refractivity contribution < 1.29 is 27.1 Å². The van der Waals surface area contributed by atoms with Crippen LogP contribution < -0.4 is 4.80 Å². The van der Waals surface area contributed by atoms with Crippen LogP contribution in [0.25, 0.3) is 0 Å². The molecular formula is C15H18F4N2O2S. The maximum atomic E-state index is 13.7. The molecule has 1 aliphatic heterocycles. The zero-order valence-electron chi connectivity index (χ0n) is 13.3. The highest BCUT2D eigenvalue weighted by atomic mass is 32.1. The molecule has 134 valence electrons. The molecule has 1 saturated carbocycles. The number of carbonyl (C=O) groups excluding carboxylic acids is 1. The van der Waals surface area contributed by atoms with E-state index in [2.05, 4.69) is 4.99 Å². The number of nitrogens with zero attached hydrogens (tertiary/aromatic N) is 2. The topological polar surface area (TPSA) is 43.6 Å². The van der Waals surface area contributed by atoms with Crippen molar-refractivity contribution in [3.8, 4) is 0 Å². The summed E-state index contributed by atoms with van der Waals surface area (Å²) in [6.45, 7) is 3.77. The van der Waals surface area contributed by atoms with Gasteiger partial charge < -0.3 is 9.30 Å². The SMILES string of the molecule is Cc1cn(CC2CCCO2)c(=NC(=O)C2(C)CC(F)(F)C2(F)F)s1. The lowest BCUT2D eigenvalue weighted by Gasteiger charge is -2.49. The second kappa shape index (κ2) is 5.66. The van der Waals surface area contributed by atoms with Gasteiger partial charge >= 0.3 is 11.8 Å². The summed E-state index contributed by atoms with van der Waals surface area (Å²) in [6.07, 6.45) is 2.37. The molecule has 0 N–H and O–H groups in total. The van der Waals surface area contributed by atoms with E-state index in [1.807, 2.05) is 0 Å². The van der Waals surface area contributed by atoms with Crippen LogP contribution in [0.15, 0.2) is 11.2 Å². The summed E-state index contributed by atoms with van der Waals surface area (Å²) >= 11 is 1.16. The van der Waals surface area contributed by atoms with Crippen LogP contribution >= 0.6 is 11.3 Å². The first-order valence-electron chi connectivity index (χ1n) is 7.70. The smallest absolute Gasteiger partial charge is 0.324 e. The number of ether oxygens (including phenoxy) is 1. The summed E-state index contributed by atoms with van der Waals surface area (Å²) in [5, 5.41) is 0. The Labute approximate surface area is 140 Å². The van der Waals surface area contributed by atoms with Gasteiger partial charge in [-0.15, -0.1) is 11.3 Å². The van der Waals surface area contributed by atoms with Gasteiger partial charge in [0.05, 0.1) is 12.6 Å². The van der Waals surface area contributed by atoms with Gasteiger partial charge in [0.1, 0.15) is 5.41 Å². The Hall–Kier alpha value is -1.22.